The SMILES string of the molecule is O=C1CCN(c2c(F)cc(Cl)cc2F)C[C@H]1O. The van der Waals surface area contributed by atoms with Gasteiger partial charge in [-0.15, -0.1) is 0 Å². The zero-order valence-corrected chi connectivity index (χ0v) is 9.55. The molecular formula is C11H10ClF2NO2. The first-order valence-electron chi connectivity index (χ1n) is 5.09. The maximum Gasteiger partial charge on any atom is 0.164 e. The highest BCUT2D eigenvalue weighted by Gasteiger charge is 2.28. The molecule has 1 atom stereocenters. The molecule has 0 unspecified atom stereocenters. The van der Waals surface area contributed by atoms with Crippen molar-refractivity contribution in [3.8, 4) is 0 Å². The summed E-state index contributed by atoms with van der Waals surface area (Å²) < 4.78 is 27.2. The molecule has 0 spiro atoms. The predicted octanol–water partition coefficient (Wildman–Crippen LogP) is 1.76. The number of hydrogen-bond acceptors (Lipinski definition) is 3. The third kappa shape index (κ3) is 2.40. The molecule has 1 aromatic rings. The largest absolute Gasteiger partial charge is 0.383 e. The fourth-order valence-corrected chi connectivity index (χ4v) is 2.04. The van der Waals surface area contributed by atoms with Gasteiger partial charge in [0.15, 0.2) is 17.4 Å². The van der Waals surface area contributed by atoms with E-state index in [1.807, 2.05) is 0 Å². The van der Waals surface area contributed by atoms with Crippen LogP contribution in [0.2, 0.25) is 5.02 Å². The number of β-amino-alcohol motifs (C(OH)–C–C–N with tert-alkyl or cyclic N) is 1. The third-order valence-electron chi connectivity index (χ3n) is 2.69. The van der Waals surface area contributed by atoms with Crippen LogP contribution in [-0.4, -0.2) is 30.1 Å². The van der Waals surface area contributed by atoms with Crippen molar-refractivity contribution in [1.82, 2.24) is 0 Å². The van der Waals surface area contributed by atoms with Gasteiger partial charge in [0, 0.05) is 18.0 Å². The second kappa shape index (κ2) is 4.58. The lowest BCUT2D eigenvalue weighted by Crippen LogP contribution is -2.44. The molecule has 2 rings (SSSR count). The van der Waals surface area contributed by atoms with Crippen molar-refractivity contribution in [1.29, 1.82) is 0 Å². The Kier molecular flexibility index (Phi) is 3.31. The highest BCUT2D eigenvalue weighted by molar-refractivity contribution is 6.30. The smallest absolute Gasteiger partial charge is 0.164 e. The molecule has 0 amide bonds. The number of aliphatic hydroxyl groups is 1. The average Bonchev–Trinajstić information content (AvgIpc) is 2.21. The van der Waals surface area contributed by atoms with E-state index in [9.17, 15) is 18.7 Å². The summed E-state index contributed by atoms with van der Waals surface area (Å²) in [5.74, 6) is -1.90. The lowest BCUT2D eigenvalue weighted by Gasteiger charge is -2.31. The first-order valence-corrected chi connectivity index (χ1v) is 5.47. The molecule has 0 aliphatic carbocycles. The summed E-state index contributed by atoms with van der Waals surface area (Å²) in [4.78, 5) is 12.4. The summed E-state index contributed by atoms with van der Waals surface area (Å²) in [7, 11) is 0. The monoisotopic (exact) mass is 261 g/mol. The minimum Gasteiger partial charge on any atom is -0.383 e. The number of rotatable bonds is 1. The normalized spacial score (nSPS) is 20.8. The van der Waals surface area contributed by atoms with Crippen LogP contribution < -0.4 is 4.90 Å². The molecule has 1 fully saturated rings. The van der Waals surface area contributed by atoms with E-state index in [2.05, 4.69) is 0 Å². The van der Waals surface area contributed by atoms with E-state index in [1.54, 1.807) is 0 Å². The Morgan fingerprint density at radius 3 is 2.47 bits per heavy atom. The zero-order chi connectivity index (χ0) is 12.6. The average molecular weight is 262 g/mol. The Labute approximate surface area is 102 Å². The number of nitrogens with zero attached hydrogens (tertiary/aromatic N) is 1. The van der Waals surface area contributed by atoms with E-state index < -0.39 is 17.7 Å². The molecule has 1 heterocycles. The first kappa shape index (κ1) is 12.3. The molecule has 0 saturated carbocycles. The molecule has 0 aromatic heterocycles. The summed E-state index contributed by atoms with van der Waals surface area (Å²) in [6.07, 6.45) is -1.12. The van der Waals surface area contributed by atoms with Crippen LogP contribution >= 0.6 is 11.6 Å². The van der Waals surface area contributed by atoms with Crippen LogP contribution in [0.4, 0.5) is 14.5 Å². The van der Waals surface area contributed by atoms with Crippen molar-refractivity contribution in [2.45, 2.75) is 12.5 Å². The second-order valence-corrected chi connectivity index (χ2v) is 4.33. The van der Waals surface area contributed by atoms with Crippen molar-refractivity contribution in [2.75, 3.05) is 18.0 Å². The van der Waals surface area contributed by atoms with Gasteiger partial charge in [-0.05, 0) is 12.1 Å². The Morgan fingerprint density at radius 1 is 1.35 bits per heavy atom. The van der Waals surface area contributed by atoms with Gasteiger partial charge in [-0.1, -0.05) is 11.6 Å². The van der Waals surface area contributed by atoms with Crippen LogP contribution in [0.1, 0.15) is 6.42 Å². The Balaban J connectivity index is 2.32. The van der Waals surface area contributed by atoms with Gasteiger partial charge in [-0.25, -0.2) is 8.78 Å². The summed E-state index contributed by atoms with van der Waals surface area (Å²) in [6, 6.07) is 2.01. The molecule has 0 radical (unpaired) electrons. The fraction of sp³-hybridized carbons (Fsp3) is 0.364. The number of anilines is 1. The topological polar surface area (TPSA) is 40.5 Å². The van der Waals surface area contributed by atoms with E-state index in [1.165, 1.54) is 4.90 Å². The van der Waals surface area contributed by atoms with Crippen LogP contribution in [0, 0.1) is 11.6 Å². The third-order valence-corrected chi connectivity index (χ3v) is 2.91. The van der Waals surface area contributed by atoms with Crippen molar-refractivity contribution in [2.24, 2.45) is 0 Å². The van der Waals surface area contributed by atoms with Crippen LogP contribution in [-0.2, 0) is 4.79 Å². The number of hydrogen-bond donors (Lipinski definition) is 1. The molecular weight excluding hydrogens is 252 g/mol. The Bertz CT molecular complexity index is 444. The van der Waals surface area contributed by atoms with Crippen molar-refractivity contribution in [3.05, 3.63) is 28.8 Å². The predicted molar refractivity (Wildman–Crippen MR) is 59.2 cm³/mol. The number of Topliss-reactive ketones (excluding diaryl/α,β-unsaturated/α-hetero) is 1. The van der Waals surface area contributed by atoms with Gasteiger partial charge < -0.3 is 10.0 Å². The molecule has 92 valence electrons. The molecule has 1 aromatic carbocycles. The molecule has 17 heavy (non-hydrogen) atoms. The van der Waals surface area contributed by atoms with Crippen molar-refractivity contribution < 1.29 is 18.7 Å². The van der Waals surface area contributed by atoms with E-state index in [0.717, 1.165) is 12.1 Å². The Morgan fingerprint density at radius 2 is 1.94 bits per heavy atom. The summed E-state index contributed by atoms with van der Waals surface area (Å²) in [5.41, 5.74) is -0.249. The van der Waals surface area contributed by atoms with Crippen LogP contribution in [0.15, 0.2) is 12.1 Å². The number of carbonyl (C=O) groups is 1. The molecule has 6 heteroatoms. The summed E-state index contributed by atoms with van der Waals surface area (Å²) >= 11 is 5.51. The van der Waals surface area contributed by atoms with E-state index >= 15 is 0 Å². The van der Waals surface area contributed by atoms with Gasteiger partial charge in [0.05, 0.1) is 6.54 Å². The van der Waals surface area contributed by atoms with E-state index in [4.69, 9.17) is 11.6 Å². The minimum absolute atomic E-state index is 0.0302. The summed E-state index contributed by atoms with van der Waals surface area (Å²) in [6.45, 7) is 0.0830. The quantitative estimate of drug-likeness (QED) is 0.837. The van der Waals surface area contributed by atoms with E-state index in [0.29, 0.717) is 0 Å². The standard InChI is InChI=1S/C11H10ClF2NO2/c12-6-3-7(13)11(8(14)4-6)15-2-1-9(16)10(17)5-15/h3-4,10,17H,1-2,5H2/t10-/m1/s1. The van der Waals surface area contributed by atoms with Crippen molar-refractivity contribution >= 4 is 23.1 Å². The number of aliphatic hydroxyl groups excluding tert-OH is 1. The van der Waals surface area contributed by atoms with Gasteiger partial charge in [0.25, 0.3) is 0 Å². The molecule has 3 nitrogen and oxygen atoms in total. The van der Waals surface area contributed by atoms with Crippen LogP contribution in [0.5, 0.6) is 0 Å². The molecule has 1 saturated heterocycles. The first-order chi connectivity index (χ1) is 7.99. The second-order valence-electron chi connectivity index (χ2n) is 3.90. The number of piperidine rings is 1. The van der Waals surface area contributed by atoms with Gasteiger partial charge in [0.1, 0.15) is 11.8 Å². The molecule has 1 N–H and O–H groups in total. The number of benzene rings is 1. The maximum absolute atomic E-state index is 13.6. The highest BCUT2D eigenvalue weighted by atomic mass is 35.5. The van der Waals surface area contributed by atoms with Gasteiger partial charge >= 0.3 is 0 Å². The number of halogens is 3. The van der Waals surface area contributed by atoms with E-state index in [-0.39, 0.29) is 36.0 Å². The Hall–Kier alpha value is -1.20. The van der Waals surface area contributed by atoms with Crippen LogP contribution in [0.25, 0.3) is 0 Å². The minimum atomic E-state index is -1.20. The highest BCUT2D eigenvalue weighted by Crippen LogP contribution is 2.28. The van der Waals surface area contributed by atoms with Gasteiger partial charge in [0.2, 0.25) is 0 Å². The lowest BCUT2D eigenvalue weighted by atomic mass is 10.1. The van der Waals surface area contributed by atoms with Crippen LogP contribution in [0.3, 0.4) is 0 Å². The molecule has 0 bridgehead atoms. The lowest BCUT2D eigenvalue weighted by molar-refractivity contribution is -0.127. The van der Waals surface area contributed by atoms with Crippen molar-refractivity contribution in [3.63, 3.8) is 0 Å². The van der Waals surface area contributed by atoms with Gasteiger partial charge in [-0.3, -0.25) is 4.79 Å². The number of carbonyl (C=O) groups excluding carboxylic acids is 1. The van der Waals surface area contributed by atoms with Gasteiger partial charge in [-0.2, -0.15) is 0 Å². The molecule has 1 aliphatic rings. The molecule has 1 aliphatic heterocycles. The maximum atomic E-state index is 13.6. The summed E-state index contributed by atoms with van der Waals surface area (Å²) in [5, 5.41) is 9.35. The zero-order valence-electron chi connectivity index (χ0n) is 8.79. The fourth-order valence-electron chi connectivity index (χ4n) is 1.85. The number of ketones is 1.